The van der Waals surface area contributed by atoms with E-state index >= 15 is 0 Å². The number of rotatable bonds is 4. The van der Waals surface area contributed by atoms with E-state index in [1.807, 2.05) is 25.1 Å². The van der Waals surface area contributed by atoms with Crippen molar-refractivity contribution < 1.29 is 4.39 Å². The van der Waals surface area contributed by atoms with Crippen LogP contribution in [0.2, 0.25) is 5.02 Å². The molecule has 2 aromatic rings. The van der Waals surface area contributed by atoms with Crippen molar-refractivity contribution in [2.75, 3.05) is 6.54 Å². The monoisotopic (exact) mass is 264 g/mol. The van der Waals surface area contributed by atoms with Gasteiger partial charge in [0.25, 0.3) is 0 Å². The quantitative estimate of drug-likeness (QED) is 0.913. The lowest BCUT2D eigenvalue weighted by atomic mass is 10.0. The fraction of sp³-hybridized carbons (Fsp3) is 0.214. The maximum absolute atomic E-state index is 13.8. The Hall–Kier alpha value is -1.45. The molecule has 0 fully saturated rings. The van der Waals surface area contributed by atoms with Crippen LogP contribution in [0, 0.1) is 5.82 Å². The number of hydrogen-bond donors (Lipinski definition) is 1. The maximum atomic E-state index is 13.8. The standard InChI is InChI=1S/C14H14ClFN2/c1-2-17-13(10-6-3-4-7-11(10)15)14-12(16)8-5-9-18-14/h3-9,13,17H,2H2,1H3. The molecule has 2 rings (SSSR count). The van der Waals surface area contributed by atoms with Crippen LogP contribution < -0.4 is 5.32 Å². The van der Waals surface area contributed by atoms with Crippen LogP contribution in [0.4, 0.5) is 4.39 Å². The summed E-state index contributed by atoms with van der Waals surface area (Å²) in [4.78, 5) is 4.12. The molecule has 1 heterocycles. The van der Waals surface area contributed by atoms with Crippen LogP contribution in [-0.2, 0) is 0 Å². The molecule has 0 bridgehead atoms. The maximum Gasteiger partial charge on any atom is 0.146 e. The van der Waals surface area contributed by atoms with Gasteiger partial charge >= 0.3 is 0 Å². The number of nitrogens with one attached hydrogen (secondary N) is 1. The Morgan fingerprint density at radius 2 is 2.06 bits per heavy atom. The van der Waals surface area contributed by atoms with Crippen LogP contribution in [0.3, 0.4) is 0 Å². The zero-order valence-corrected chi connectivity index (χ0v) is 10.8. The largest absolute Gasteiger partial charge is 0.305 e. The zero-order valence-electron chi connectivity index (χ0n) is 10.0. The summed E-state index contributed by atoms with van der Waals surface area (Å²) in [5.74, 6) is -0.330. The van der Waals surface area contributed by atoms with Gasteiger partial charge in [0, 0.05) is 11.2 Å². The SMILES string of the molecule is CCNC(c1ccccc1Cl)c1ncccc1F. The molecular weight excluding hydrogens is 251 g/mol. The van der Waals surface area contributed by atoms with Crippen LogP contribution in [0.1, 0.15) is 24.2 Å². The lowest BCUT2D eigenvalue weighted by Gasteiger charge is -2.19. The van der Waals surface area contributed by atoms with Gasteiger partial charge in [-0.2, -0.15) is 0 Å². The van der Waals surface area contributed by atoms with Gasteiger partial charge < -0.3 is 5.32 Å². The Kier molecular flexibility index (Phi) is 4.28. The summed E-state index contributed by atoms with van der Waals surface area (Å²) in [6, 6.07) is 10.1. The van der Waals surface area contributed by atoms with Crippen molar-refractivity contribution in [2.45, 2.75) is 13.0 Å². The minimum atomic E-state index is -0.330. The van der Waals surface area contributed by atoms with Crippen LogP contribution in [-0.4, -0.2) is 11.5 Å². The molecule has 0 saturated carbocycles. The topological polar surface area (TPSA) is 24.9 Å². The third kappa shape index (κ3) is 2.68. The Labute approximate surface area is 111 Å². The highest BCUT2D eigenvalue weighted by Gasteiger charge is 2.20. The molecule has 0 aliphatic rings. The van der Waals surface area contributed by atoms with E-state index in [9.17, 15) is 4.39 Å². The highest BCUT2D eigenvalue weighted by atomic mass is 35.5. The highest BCUT2D eigenvalue weighted by molar-refractivity contribution is 6.31. The predicted octanol–water partition coefficient (Wildman–Crippen LogP) is 3.57. The van der Waals surface area contributed by atoms with E-state index in [0.717, 1.165) is 5.56 Å². The van der Waals surface area contributed by atoms with E-state index < -0.39 is 0 Å². The lowest BCUT2D eigenvalue weighted by molar-refractivity contribution is 0.543. The molecule has 1 unspecified atom stereocenters. The van der Waals surface area contributed by atoms with Crippen molar-refractivity contribution in [3.63, 3.8) is 0 Å². The van der Waals surface area contributed by atoms with Gasteiger partial charge in [0.2, 0.25) is 0 Å². The minimum absolute atomic E-state index is 0.329. The van der Waals surface area contributed by atoms with Crippen molar-refractivity contribution >= 4 is 11.6 Å². The number of hydrogen-bond acceptors (Lipinski definition) is 2. The lowest BCUT2D eigenvalue weighted by Crippen LogP contribution is -2.24. The van der Waals surface area contributed by atoms with Gasteiger partial charge in [-0.05, 0) is 30.3 Å². The van der Waals surface area contributed by atoms with Gasteiger partial charge in [-0.25, -0.2) is 4.39 Å². The smallest absolute Gasteiger partial charge is 0.146 e. The Balaban J connectivity index is 2.47. The Morgan fingerprint density at radius 3 is 2.72 bits per heavy atom. The fourth-order valence-electron chi connectivity index (χ4n) is 1.88. The molecule has 4 heteroatoms. The Bertz CT molecular complexity index is 485. The third-order valence-electron chi connectivity index (χ3n) is 2.68. The van der Waals surface area contributed by atoms with E-state index in [1.54, 1.807) is 18.3 Å². The molecule has 0 amide bonds. The molecule has 0 aliphatic heterocycles. The van der Waals surface area contributed by atoms with Gasteiger partial charge in [-0.3, -0.25) is 4.98 Å². The number of nitrogens with zero attached hydrogens (tertiary/aromatic N) is 1. The van der Waals surface area contributed by atoms with Gasteiger partial charge in [-0.1, -0.05) is 36.7 Å². The van der Waals surface area contributed by atoms with Gasteiger partial charge in [0.05, 0.1) is 11.7 Å². The first-order chi connectivity index (χ1) is 8.74. The molecule has 0 saturated heterocycles. The number of halogens is 2. The molecule has 0 aliphatic carbocycles. The average molecular weight is 265 g/mol. The van der Waals surface area contributed by atoms with E-state index in [1.165, 1.54) is 6.07 Å². The second kappa shape index (κ2) is 5.94. The van der Waals surface area contributed by atoms with Crippen LogP contribution in [0.25, 0.3) is 0 Å². The molecule has 1 aromatic carbocycles. The zero-order chi connectivity index (χ0) is 13.0. The van der Waals surface area contributed by atoms with Crippen molar-refractivity contribution in [1.82, 2.24) is 10.3 Å². The summed E-state index contributed by atoms with van der Waals surface area (Å²) < 4.78 is 13.8. The molecule has 0 radical (unpaired) electrons. The second-order valence-corrected chi connectivity index (χ2v) is 4.29. The molecule has 18 heavy (non-hydrogen) atoms. The van der Waals surface area contributed by atoms with Crippen molar-refractivity contribution in [2.24, 2.45) is 0 Å². The number of aromatic nitrogens is 1. The summed E-state index contributed by atoms with van der Waals surface area (Å²) >= 11 is 6.17. The van der Waals surface area contributed by atoms with Crippen LogP contribution in [0.5, 0.6) is 0 Å². The van der Waals surface area contributed by atoms with E-state index in [2.05, 4.69) is 10.3 Å². The molecule has 2 nitrogen and oxygen atoms in total. The first kappa shape index (κ1) is 13.0. The molecular formula is C14H14ClFN2. The van der Waals surface area contributed by atoms with E-state index in [0.29, 0.717) is 17.3 Å². The van der Waals surface area contributed by atoms with Gasteiger partial charge in [0.15, 0.2) is 0 Å². The first-order valence-electron chi connectivity index (χ1n) is 5.82. The molecule has 0 spiro atoms. The van der Waals surface area contributed by atoms with Gasteiger partial charge in [0.1, 0.15) is 5.82 Å². The summed E-state index contributed by atoms with van der Waals surface area (Å²) in [5.41, 5.74) is 1.20. The second-order valence-electron chi connectivity index (χ2n) is 3.88. The van der Waals surface area contributed by atoms with Crippen LogP contribution in [0.15, 0.2) is 42.6 Å². The van der Waals surface area contributed by atoms with Crippen molar-refractivity contribution in [3.05, 3.63) is 64.7 Å². The fourth-order valence-corrected chi connectivity index (χ4v) is 2.12. The van der Waals surface area contributed by atoms with E-state index in [4.69, 9.17) is 11.6 Å². The average Bonchev–Trinajstić information content (AvgIpc) is 2.38. The summed E-state index contributed by atoms with van der Waals surface area (Å²) in [5, 5.41) is 3.82. The summed E-state index contributed by atoms with van der Waals surface area (Å²) in [7, 11) is 0. The molecule has 94 valence electrons. The summed E-state index contributed by atoms with van der Waals surface area (Å²) in [6.45, 7) is 2.66. The minimum Gasteiger partial charge on any atom is -0.305 e. The van der Waals surface area contributed by atoms with Crippen molar-refractivity contribution in [1.29, 1.82) is 0 Å². The number of pyridine rings is 1. The third-order valence-corrected chi connectivity index (χ3v) is 3.03. The predicted molar refractivity (Wildman–Crippen MR) is 71.2 cm³/mol. The van der Waals surface area contributed by atoms with E-state index in [-0.39, 0.29) is 11.9 Å². The summed E-state index contributed by atoms with van der Waals surface area (Å²) in [6.07, 6.45) is 1.58. The highest BCUT2D eigenvalue weighted by Crippen LogP contribution is 2.28. The van der Waals surface area contributed by atoms with Crippen LogP contribution >= 0.6 is 11.6 Å². The Morgan fingerprint density at radius 1 is 1.28 bits per heavy atom. The van der Waals surface area contributed by atoms with Gasteiger partial charge in [-0.15, -0.1) is 0 Å². The first-order valence-corrected chi connectivity index (χ1v) is 6.20. The molecule has 1 N–H and O–H groups in total. The normalized spacial score (nSPS) is 12.4. The number of benzene rings is 1. The molecule has 1 aromatic heterocycles. The molecule has 1 atom stereocenters. The van der Waals surface area contributed by atoms with Crippen molar-refractivity contribution in [3.8, 4) is 0 Å².